The molecule has 1 amide bonds. The maximum absolute atomic E-state index is 12.2. The first-order chi connectivity index (χ1) is 10.0. The number of aromatic amines is 1. The van der Waals surface area contributed by atoms with E-state index in [0.29, 0.717) is 17.6 Å². The summed E-state index contributed by atoms with van der Waals surface area (Å²) in [7, 11) is 1.67. The van der Waals surface area contributed by atoms with Crippen molar-refractivity contribution in [2.24, 2.45) is 7.05 Å². The number of rotatable bonds is 3. The van der Waals surface area contributed by atoms with Crippen LogP contribution in [0.1, 0.15) is 20.2 Å². The summed E-state index contributed by atoms with van der Waals surface area (Å²) in [5, 5.41) is 3.70. The molecule has 0 atom stereocenters. The number of imidazole rings is 1. The highest BCUT2D eigenvalue weighted by Crippen LogP contribution is 2.13. The Morgan fingerprint density at radius 1 is 1.48 bits per heavy atom. The molecule has 6 nitrogen and oxygen atoms in total. The second-order valence-corrected chi connectivity index (χ2v) is 6.09. The first-order valence-electron chi connectivity index (χ1n) is 6.43. The van der Waals surface area contributed by atoms with E-state index in [2.05, 4.69) is 15.3 Å². The first-order valence-corrected chi connectivity index (χ1v) is 7.24. The van der Waals surface area contributed by atoms with Gasteiger partial charge in [0.15, 0.2) is 0 Å². The van der Waals surface area contributed by atoms with E-state index in [0.717, 1.165) is 15.4 Å². The lowest BCUT2D eigenvalue weighted by atomic mass is 10.2. The van der Waals surface area contributed by atoms with Crippen LogP contribution in [-0.2, 0) is 13.6 Å². The van der Waals surface area contributed by atoms with E-state index >= 15 is 0 Å². The zero-order valence-electron chi connectivity index (χ0n) is 11.6. The molecule has 0 bridgehead atoms. The van der Waals surface area contributed by atoms with E-state index in [9.17, 15) is 9.59 Å². The third-order valence-corrected chi connectivity index (χ3v) is 4.15. The number of amides is 1. The van der Waals surface area contributed by atoms with Crippen LogP contribution < -0.4 is 11.0 Å². The van der Waals surface area contributed by atoms with Crippen molar-refractivity contribution in [3.8, 4) is 0 Å². The van der Waals surface area contributed by atoms with Gasteiger partial charge in [-0.25, -0.2) is 9.78 Å². The fourth-order valence-corrected chi connectivity index (χ4v) is 2.83. The van der Waals surface area contributed by atoms with Crippen molar-refractivity contribution in [1.29, 1.82) is 0 Å². The van der Waals surface area contributed by atoms with Gasteiger partial charge in [-0.1, -0.05) is 0 Å². The summed E-state index contributed by atoms with van der Waals surface area (Å²) in [6.45, 7) is 2.38. The number of benzene rings is 1. The molecule has 0 fully saturated rings. The van der Waals surface area contributed by atoms with Crippen LogP contribution in [-0.4, -0.2) is 20.4 Å². The molecule has 0 radical (unpaired) electrons. The highest BCUT2D eigenvalue weighted by Gasteiger charge is 2.10. The van der Waals surface area contributed by atoms with Gasteiger partial charge in [-0.3, -0.25) is 9.36 Å². The summed E-state index contributed by atoms with van der Waals surface area (Å²) in [5.41, 5.74) is 1.75. The quantitative estimate of drug-likeness (QED) is 0.770. The zero-order chi connectivity index (χ0) is 15.0. The van der Waals surface area contributed by atoms with Crippen molar-refractivity contribution >= 4 is 28.3 Å². The van der Waals surface area contributed by atoms with E-state index in [1.807, 2.05) is 6.92 Å². The van der Waals surface area contributed by atoms with Gasteiger partial charge in [-0.05, 0) is 25.1 Å². The van der Waals surface area contributed by atoms with Crippen LogP contribution in [0.5, 0.6) is 0 Å². The van der Waals surface area contributed by atoms with Crippen LogP contribution in [0.3, 0.4) is 0 Å². The Hall–Kier alpha value is -2.41. The first kappa shape index (κ1) is 13.6. The van der Waals surface area contributed by atoms with E-state index in [1.165, 1.54) is 4.57 Å². The van der Waals surface area contributed by atoms with Gasteiger partial charge < -0.3 is 10.3 Å². The smallest absolute Gasteiger partial charge is 0.326 e. The van der Waals surface area contributed by atoms with Gasteiger partial charge in [0.05, 0.1) is 17.6 Å². The van der Waals surface area contributed by atoms with Crippen LogP contribution in [0, 0.1) is 6.92 Å². The topological polar surface area (TPSA) is 79.8 Å². The number of carbonyl (C=O) groups excluding carboxylic acids is 1. The van der Waals surface area contributed by atoms with Gasteiger partial charge in [0.25, 0.3) is 5.91 Å². The molecule has 0 unspecified atom stereocenters. The number of nitrogens with zero attached hydrogens (tertiary/aromatic N) is 2. The van der Waals surface area contributed by atoms with Crippen molar-refractivity contribution in [3.63, 3.8) is 0 Å². The third-order valence-electron chi connectivity index (χ3n) is 3.24. The Labute approximate surface area is 124 Å². The maximum atomic E-state index is 12.2. The van der Waals surface area contributed by atoms with Crippen LogP contribution >= 0.6 is 11.3 Å². The maximum Gasteiger partial charge on any atom is 0.326 e. The van der Waals surface area contributed by atoms with Crippen molar-refractivity contribution in [3.05, 3.63) is 50.3 Å². The van der Waals surface area contributed by atoms with Crippen LogP contribution in [0.25, 0.3) is 11.0 Å². The Bertz CT molecular complexity index is 875. The van der Waals surface area contributed by atoms with Gasteiger partial charge in [0.1, 0.15) is 5.01 Å². The average molecular weight is 302 g/mol. The molecule has 3 aromatic rings. The molecule has 2 aromatic heterocycles. The Morgan fingerprint density at radius 3 is 3.00 bits per heavy atom. The minimum atomic E-state index is -0.194. The molecule has 0 aliphatic carbocycles. The second kappa shape index (κ2) is 5.17. The summed E-state index contributed by atoms with van der Waals surface area (Å²) in [6.07, 6.45) is 1.79. The minimum Gasteiger partial charge on any atom is -0.346 e. The van der Waals surface area contributed by atoms with E-state index < -0.39 is 0 Å². The molecule has 0 aliphatic rings. The molecule has 21 heavy (non-hydrogen) atoms. The van der Waals surface area contributed by atoms with Crippen LogP contribution in [0.2, 0.25) is 0 Å². The second-order valence-electron chi connectivity index (χ2n) is 4.77. The Morgan fingerprint density at radius 2 is 2.29 bits per heavy atom. The highest BCUT2D eigenvalue weighted by molar-refractivity contribution is 7.11. The molecule has 0 aliphatic heterocycles. The molecular weight excluding hydrogens is 288 g/mol. The molecule has 108 valence electrons. The number of carbonyl (C=O) groups is 1. The standard InChI is InChI=1S/C14H14N4O2S/c1-8-6-15-12(21-8)7-16-13(19)9-3-4-10-11(5-9)18(2)14(20)17-10/h3-6H,7H2,1-2H3,(H,16,19)(H,17,20). The molecule has 1 aromatic carbocycles. The lowest BCUT2D eigenvalue weighted by Gasteiger charge is -2.04. The zero-order valence-corrected chi connectivity index (χ0v) is 12.5. The van der Waals surface area contributed by atoms with Gasteiger partial charge in [-0.15, -0.1) is 11.3 Å². The monoisotopic (exact) mass is 302 g/mol. The molecule has 7 heteroatoms. The molecular formula is C14H14N4O2S. The Balaban J connectivity index is 1.81. The summed E-state index contributed by atoms with van der Waals surface area (Å²) in [5.74, 6) is -0.182. The molecule has 0 saturated heterocycles. The summed E-state index contributed by atoms with van der Waals surface area (Å²) in [6, 6.07) is 5.13. The van der Waals surface area contributed by atoms with Gasteiger partial charge in [0.2, 0.25) is 0 Å². The molecule has 0 spiro atoms. The lowest BCUT2D eigenvalue weighted by Crippen LogP contribution is -2.22. The fourth-order valence-electron chi connectivity index (χ4n) is 2.11. The normalized spacial score (nSPS) is 11.0. The largest absolute Gasteiger partial charge is 0.346 e. The molecule has 2 heterocycles. The SMILES string of the molecule is Cc1cnc(CNC(=O)c2ccc3[nH]c(=O)n(C)c3c2)s1. The van der Waals surface area contributed by atoms with Gasteiger partial charge >= 0.3 is 5.69 Å². The van der Waals surface area contributed by atoms with E-state index in [4.69, 9.17) is 0 Å². The average Bonchev–Trinajstić information content (AvgIpc) is 3.01. The van der Waals surface area contributed by atoms with Crippen molar-refractivity contribution < 1.29 is 4.79 Å². The number of hydrogen-bond acceptors (Lipinski definition) is 4. The summed E-state index contributed by atoms with van der Waals surface area (Å²) in [4.78, 5) is 31.7. The van der Waals surface area contributed by atoms with Gasteiger partial charge in [-0.2, -0.15) is 0 Å². The number of aryl methyl sites for hydroxylation is 2. The van der Waals surface area contributed by atoms with E-state index in [-0.39, 0.29) is 11.6 Å². The number of hydrogen-bond donors (Lipinski definition) is 2. The van der Waals surface area contributed by atoms with Crippen molar-refractivity contribution in [2.75, 3.05) is 0 Å². The number of H-pyrrole nitrogens is 1. The predicted molar refractivity (Wildman–Crippen MR) is 81.6 cm³/mol. The number of aromatic nitrogens is 3. The van der Waals surface area contributed by atoms with Crippen LogP contribution in [0.4, 0.5) is 0 Å². The highest BCUT2D eigenvalue weighted by atomic mass is 32.1. The van der Waals surface area contributed by atoms with Crippen molar-refractivity contribution in [1.82, 2.24) is 19.9 Å². The number of thiazole rings is 1. The van der Waals surface area contributed by atoms with Crippen molar-refractivity contribution in [2.45, 2.75) is 13.5 Å². The number of nitrogens with one attached hydrogen (secondary N) is 2. The fraction of sp³-hybridized carbons (Fsp3) is 0.214. The molecule has 3 rings (SSSR count). The molecule has 0 saturated carbocycles. The Kier molecular flexibility index (Phi) is 3.34. The van der Waals surface area contributed by atoms with Crippen LogP contribution in [0.15, 0.2) is 29.2 Å². The van der Waals surface area contributed by atoms with E-state index in [1.54, 1.807) is 42.8 Å². The number of fused-ring (bicyclic) bond motifs is 1. The predicted octanol–water partition coefficient (Wildman–Crippen LogP) is 1.56. The minimum absolute atomic E-state index is 0.182. The lowest BCUT2D eigenvalue weighted by molar-refractivity contribution is 0.0951. The third kappa shape index (κ3) is 2.59. The van der Waals surface area contributed by atoms with Gasteiger partial charge in [0, 0.05) is 23.7 Å². The molecule has 2 N–H and O–H groups in total. The summed E-state index contributed by atoms with van der Waals surface area (Å²) >= 11 is 1.56. The summed E-state index contributed by atoms with van der Waals surface area (Å²) < 4.78 is 1.48.